The summed E-state index contributed by atoms with van der Waals surface area (Å²) >= 11 is 0. The van der Waals surface area contributed by atoms with Crippen LogP contribution in [0.1, 0.15) is 48.4 Å². The predicted molar refractivity (Wildman–Crippen MR) is 67.8 cm³/mol. The van der Waals surface area contributed by atoms with E-state index >= 15 is 0 Å². The van der Waals surface area contributed by atoms with E-state index in [4.69, 9.17) is 0 Å². The van der Waals surface area contributed by atoms with Crippen LogP contribution in [0.25, 0.3) is 0 Å². The lowest BCUT2D eigenvalue weighted by atomic mass is 9.81. The zero-order valence-corrected chi connectivity index (χ0v) is 10.3. The van der Waals surface area contributed by atoms with Gasteiger partial charge in [0.05, 0.1) is 0 Å². The third-order valence-corrected chi connectivity index (χ3v) is 4.24. The molecular weight excluding hydrogens is 194 g/mol. The number of hydrogen-bond acceptors (Lipinski definition) is 1. The van der Waals surface area contributed by atoms with Crippen LogP contribution in [0, 0.1) is 5.92 Å². The summed E-state index contributed by atoms with van der Waals surface area (Å²) in [5.74, 6) is 1.46. The van der Waals surface area contributed by atoms with E-state index in [0.29, 0.717) is 0 Å². The first-order chi connectivity index (χ1) is 7.75. The van der Waals surface area contributed by atoms with Gasteiger partial charge >= 0.3 is 0 Å². The van der Waals surface area contributed by atoms with Crippen LogP contribution in [0.3, 0.4) is 0 Å². The van der Waals surface area contributed by atoms with Gasteiger partial charge in [-0.2, -0.15) is 0 Å². The van der Waals surface area contributed by atoms with Gasteiger partial charge < -0.3 is 5.32 Å². The summed E-state index contributed by atoms with van der Waals surface area (Å²) in [5, 5.41) is 3.56. The van der Waals surface area contributed by atoms with E-state index in [9.17, 15) is 0 Å². The third kappa shape index (κ3) is 1.58. The average molecular weight is 215 g/mol. The first-order valence-electron chi connectivity index (χ1n) is 6.61. The monoisotopic (exact) mass is 215 g/mol. The van der Waals surface area contributed by atoms with Crippen molar-refractivity contribution >= 4 is 0 Å². The Labute approximate surface area is 98.3 Å². The minimum atomic E-state index is 0.717. The molecule has 1 N–H and O–H groups in total. The second-order valence-corrected chi connectivity index (χ2v) is 5.65. The molecule has 3 rings (SSSR count). The molecule has 86 valence electrons. The summed E-state index contributed by atoms with van der Waals surface area (Å²) in [7, 11) is 0. The quantitative estimate of drug-likeness (QED) is 0.759. The molecule has 1 heterocycles. The predicted octanol–water partition coefficient (Wildman–Crippen LogP) is 3.02. The van der Waals surface area contributed by atoms with Crippen LogP contribution in [-0.4, -0.2) is 6.54 Å². The summed E-state index contributed by atoms with van der Waals surface area (Å²) in [6.45, 7) is 6.92. The summed E-state index contributed by atoms with van der Waals surface area (Å²) in [6, 6.07) is 4.99. The summed E-state index contributed by atoms with van der Waals surface area (Å²) in [6.07, 6.45) is 3.97. The zero-order chi connectivity index (χ0) is 11.1. The highest BCUT2D eigenvalue weighted by Crippen LogP contribution is 2.34. The molecule has 0 saturated heterocycles. The molecule has 0 saturated carbocycles. The molecule has 1 unspecified atom stereocenters. The van der Waals surface area contributed by atoms with Crippen LogP contribution < -0.4 is 5.32 Å². The van der Waals surface area contributed by atoms with E-state index in [0.717, 1.165) is 24.9 Å². The lowest BCUT2D eigenvalue weighted by Gasteiger charge is -2.30. The molecular formula is C15H21N. The van der Waals surface area contributed by atoms with E-state index in [2.05, 4.69) is 31.3 Å². The van der Waals surface area contributed by atoms with Gasteiger partial charge in [-0.1, -0.05) is 26.0 Å². The SMILES string of the molecule is CC(C)C1CNCc2cc3c(cc21)CCC3. The fourth-order valence-electron chi connectivity index (χ4n) is 3.26. The molecule has 1 heteroatoms. The van der Waals surface area contributed by atoms with Gasteiger partial charge in [0.25, 0.3) is 0 Å². The Bertz CT molecular complexity index is 406. The smallest absolute Gasteiger partial charge is 0.0208 e. The third-order valence-electron chi connectivity index (χ3n) is 4.24. The van der Waals surface area contributed by atoms with Crippen molar-refractivity contribution in [1.29, 1.82) is 0 Å². The topological polar surface area (TPSA) is 12.0 Å². The van der Waals surface area contributed by atoms with Crippen LogP contribution in [0.5, 0.6) is 0 Å². The van der Waals surface area contributed by atoms with Crippen molar-refractivity contribution in [3.05, 3.63) is 34.4 Å². The highest BCUT2D eigenvalue weighted by Gasteiger charge is 2.25. The Morgan fingerprint density at radius 3 is 2.62 bits per heavy atom. The molecule has 0 amide bonds. The zero-order valence-electron chi connectivity index (χ0n) is 10.3. The second kappa shape index (κ2) is 3.89. The van der Waals surface area contributed by atoms with Crippen molar-refractivity contribution in [2.45, 2.75) is 45.6 Å². The molecule has 16 heavy (non-hydrogen) atoms. The van der Waals surface area contributed by atoms with Gasteiger partial charge in [-0.25, -0.2) is 0 Å². The molecule has 1 aliphatic heterocycles. The van der Waals surface area contributed by atoms with Crippen LogP contribution >= 0.6 is 0 Å². The highest BCUT2D eigenvalue weighted by molar-refractivity contribution is 5.43. The fourth-order valence-corrected chi connectivity index (χ4v) is 3.26. The molecule has 2 aliphatic rings. The van der Waals surface area contributed by atoms with E-state index in [1.165, 1.54) is 19.3 Å². The fraction of sp³-hybridized carbons (Fsp3) is 0.600. The number of benzene rings is 1. The van der Waals surface area contributed by atoms with E-state index < -0.39 is 0 Å². The summed E-state index contributed by atoms with van der Waals surface area (Å²) in [5.41, 5.74) is 6.44. The van der Waals surface area contributed by atoms with Gasteiger partial charge in [0.1, 0.15) is 0 Å². The van der Waals surface area contributed by atoms with Crippen molar-refractivity contribution < 1.29 is 0 Å². The van der Waals surface area contributed by atoms with Gasteiger partial charge in [0.2, 0.25) is 0 Å². The van der Waals surface area contributed by atoms with Crippen LogP contribution in [-0.2, 0) is 19.4 Å². The van der Waals surface area contributed by atoms with Gasteiger partial charge in [-0.05, 0) is 53.4 Å². The van der Waals surface area contributed by atoms with Crippen molar-refractivity contribution in [2.75, 3.05) is 6.54 Å². The molecule has 0 radical (unpaired) electrons. The molecule has 0 aromatic heterocycles. The second-order valence-electron chi connectivity index (χ2n) is 5.65. The van der Waals surface area contributed by atoms with Crippen LogP contribution in [0.2, 0.25) is 0 Å². The number of aryl methyl sites for hydroxylation is 2. The average Bonchev–Trinajstić information content (AvgIpc) is 2.71. The van der Waals surface area contributed by atoms with Gasteiger partial charge in [-0.15, -0.1) is 0 Å². The minimum absolute atomic E-state index is 0.717. The lowest BCUT2D eigenvalue weighted by Crippen LogP contribution is -2.31. The van der Waals surface area contributed by atoms with Crippen molar-refractivity contribution in [2.24, 2.45) is 5.92 Å². The Morgan fingerprint density at radius 2 is 1.88 bits per heavy atom. The molecule has 1 aromatic rings. The number of fused-ring (bicyclic) bond motifs is 2. The first kappa shape index (κ1) is 10.3. The van der Waals surface area contributed by atoms with Crippen molar-refractivity contribution in [1.82, 2.24) is 5.32 Å². The summed E-state index contributed by atoms with van der Waals surface area (Å²) < 4.78 is 0. The number of nitrogens with one attached hydrogen (secondary N) is 1. The first-order valence-corrected chi connectivity index (χ1v) is 6.61. The van der Waals surface area contributed by atoms with Crippen molar-refractivity contribution in [3.8, 4) is 0 Å². The molecule has 1 atom stereocenters. The maximum absolute atomic E-state index is 3.56. The maximum Gasteiger partial charge on any atom is 0.0208 e. The summed E-state index contributed by atoms with van der Waals surface area (Å²) in [4.78, 5) is 0. The molecule has 0 spiro atoms. The molecule has 0 fully saturated rings. The largest absolute Gasteiger partial charge is 0.312 e. The molecule has 1 nitrogen and oxygen atoms in total. The Kier molecular flexibility index (Phi) is 2.51. The number of hydrogen-bond donors (Lipinski definition) is 1. The van der Waals surface area contributed by atoms with Gasteiger partial charge in [0, 0.05) is 13.1 Å². The van der Waals surface area contributed by atoms with Crippen LogP contribution in [0.4, 0.5) is 0 Å². The molecule has 1 aromatic carbocycles. The van der Waals surface area contributed by atoms with Gasteiger partial charge in [-0.3, -0.25) is 0 Å². The Morgan fingerprint density at radius 1 is 1.12 bits per heavy atom. The van der Waals surface area contributed by atoms with E-state index in [-0.39, 0.29) is 0 Å². The lowest BCUT2D eigenvalue weighted by molar-refractivity contribution is 0.435. The maximum atomic E-state index is 3.56. The standard InChI is InChI=1S/C15H21N/c1-10(2)15-9-16-8-13-6-11-4-3-5-12(11)7-14(13)15/h6-7,10,15-16H,3-5,8-9H2,1-2H3. The molecule has 1 aliphatic carbocycles. The van der Waals surface area contributed by atoms with Crippen molar-refractivity contribution in [3.63, 3.8) is 0 Å². The number of rotatable bonds is 1. The Balaban J connectivity index is 2.06. The minimum Gasteiger partial charge on any atom is -0.312 e. The normalized spacial score (nSPS) is 23.3. The highest BCUT2D eigenvalue weighted by atomic mass is 14.9. The van der Waals surface area contributed by atoms with E-state index in [1.54, 1.807) is 22.3 Å². The van der Waals surface area contributed by atoms with Crippen LogP contribution in [0.15, 0.2) is 12.1 Å². The molecule has 0 bridgehead atoms. The Hall–Kier alpha value is -0.820. The van der Waals surface area contributed by atoms with E-state index in [1.807, 2.05) is 0 Å². The van der Waals surface area contributed by atoms with Gasteiger partial charge in [0.15, 0.2) is 0 Å².